The molecule has 0 bridgehead atoms. The van der Waals surface area contributed by atoms with Crippen LogP contribution in [0.2, 0.25) is 0 Å². The van der Waals surface area contributed by atoms with E-state index >= 15 is 0 Å². The van der Waals surface area contributed by atoms with Gasteiger partial charge in [0.2, 0.25) is 0 Å². The largest absolute Gasteiger partial charge is 0.469 e. The van der Waals surface area contributed by atoms with Gasteiger partial charge in [0.15, 0.2) is 0 Å². The number of allylic oxidation sites excluding steroid dienone is 7. The highest BCUT2D eigenvalue weighted by Gasteiger charge is 1.97. The predicted molar refractivity (Wildman–Crippen MR) is 105 cm³/mol. The molecule has 0 aromatic heterocycles. The summed E-state index contributed by atoms with van der Waals surface area (Å²) in [7, 11) is 1.43. The van der Waals surface area contributed by atoms with Crippen LogP contribution in [0.15, 0.2) is 46.6 Å². The fraction of sp³-hybridized carbons (Fsp3) is 0.591. The van der Waals surface area contributed by atoms with Gasteiger partial charge in [-0.2, -0.15) is 0 Å². The van der Waals surface area contributed by atoms with E-state index < -0.39 is 0 Å². The van der Waals surface area contributed by atoms with Crippen LogP contribution in [0, 0.1) is 0 Å². The van der Waals surface area contributed by atoms with Gasteiger partial charge in [0.05, 0.1) is 13.5 Å². The molecule has 0 N–H and O–H groups in total. The lowest BCUT2D eigenvalue weighted by Crippen LogP contribution is -1.97. The van der Waals surface area contributed by atoms with Crippen LogP contribution in [0.5, 0.6) is 0 Å². The van der Waals surface area contributed by atoms with Gasteiger partial charge >= 0.3 is 5.97 Å². The fourth-order valence-electron chi connectivity index (χ4n) is 2.33. The maximum Gasteiger partial charge on any atom is 0.309 e. The zero-order chi connectivity index (χ0) is 18.4. The molecule has 0 saturated carbocycles. The molecule has 0 fully saturated rings. The zero-order valence-corrected chi connectivity index (χ0v) is 16.6. The average molecular weight is 333 g/mol. The van der Waals surface area contributed by atoms with Crippen LogP contribution in [0.3, 0.4) is 0 Å². The Morgan fingerprint density at radius 2 is 1.12 bits per heavy atom. The highest BCUT2D eigenvalue weighted by Crippen LogP contribution is 2.13. The highest BCUT2D eigenvalue weighted by atomic mass is 16.5. The lowest BCUT2D eigenvalue weighted by atomic mass is 10.0. The maximum absolute atomic E-state index is 11.1. The molecule has 24 heavy (non-hydrogen) atoms. The minimum absolute atomic E-state index is 0.173. The van der Waals surface area contributed by atoms with E-state index in [9.17, 15) is 4.79 Å². The summed E-state index contributed by atoms with van der Waals surface area (Å²) in [6.07, 6.45) is 16.0. The number of methoxy groups -OCH3 is 1. The molecular weight excluding hydrogens is 296 g/mol. The number of esters is 1. The number of carbonyl (C=O) groups is 1. The monoisotopic (exact) mass is 332 g/mol. The standard InChI is InChI=1S/C22H36O2/c1-18(2)10-7-11-19(3)12-8-13-20(4)14-9-15-21(5)16-17-22(23)24-6/h10,12,14,16H,7-9,11,13,15,17H2,1-6H3/b19-12+,20-14+,21-16?. The van der Waals surface area contributed by atoms with Gasteiger partial charge in [-0.3, -0.25) is 4.79 Å². The van der Waals surface area contributed by atoms with Crippen LogP contribution in [0.1, 0.15) is 79.6 Å². The third-order valence-electron chi connectivity index (χ3n) is 4.00. The molecule has 0 atom stereocenters. The van der Waals surface area contributed by atoms with Crippen LogP contribution in [-0.4, -0.2) is 13.1 Å². The van der Waals surface area contributed by atoms with E-state index in [1.165, 1.54) is 29.4 Å². The molecule has 0 saturated heterocycles. The molecule has 0 aliphatic carbocycles. The van der Waals surface area contributed by atoms with E-state index in [1.54, 1.807) is 0 Å². The number of carbonyl (C=O) groups excluding carboxylic acids is 1. The molecule has 0 unspecified atom stereocenters. The molecule has 136 valence electrons. The van der Waals surface area contributed by atoms with Crippen molar-refractivity contribution in [3.8, 4) is 0 Å². The Labute approximate surface area is 149 Å². The third kappa shape index (κ3) is 14.0. The Kier molecular flexibility index (Phi) is 12.9. The van der Waals surface area contributed by atoms with Crippen molar-refractivity contribution in [2.75, 3.05) is 7.11 Å². The van der Waals surface area contributed by atoms with E-state index in [1.807, 2.05) is 6.08 Å². The van der Waals surface area contributed by atoms with Crippen molar-refractivity contribution in [2.45, 2.75) is 79.6 Å². The summed E-state index contributed by atoms with van der Waals surface area (Å²) in [6.45, 7) is 10.8. The second-order valence-corrected chi connectivity index (χ2v) is 6.83. The van der Waals surface area contributed by atoms with Gasteiger partial charge in [0, 0.05) is 0 Å². The van der Waals surface area contributed by atoms with E-state index in [4.69, 9.17) is 0 Å². The van der Waals surface area contributed by atoms with Gasteiger partial charge in [-0.1, -0.05) is 46.6 Å². The molecule has 0 heterocycles. The zero-order valence-electron chi connectivity index (χ0n) is 16.6. The van der Waals surface area contributed by atoms with E-state index in [0.29, 0.717) is 6.42 Å². The second kappa shape index (κ2) is 13.8. The number of hydrogen-bond donors (Lipinski definition) is 0. The van der Waals surface area contributed by atoms with Crippen LogP contribution >= 0.6 is 0 Å². The molecule has 0 aliphatic rings. The lowest BCUT2D eigenvalue weighted by molar-refractivity contribution is -0.139. The number of rotatable bonds is 11. The molecule has 0 radical (unpaired) electrons. The van der Waals surface area contributed by atoms with Crippen molar-refractivity contribution in [1.82, 2.24) is 0 Å². The number of ether oxygens (including phenoxy) is 1. The fourth-order valence-corrected chi connectivity index (χ4v) is 2.33. The SMILES string of the molecule is COC(=O)CC=C(C)CC/C=C(\C)CC/C=C(\C)CCC=C(C)C. The molecule has 0 aromatic rings. The van der Waals surface area contributed by atoms with Crippen molar-refractivity contribution in [3.05, 3.63) is 46.6 Å². The third-order valence-corrected chi connectivity index (χ3v) is 4.00. The summed E-state index contributed by atoms with van der Waals surface area (Å²) in [5.41, 5.74) is 5.59. The molecule has 2 nitrogen and oxygen atoms in total. The van der Waals surface area contributed by atoms with Gasteiger partial charge in [0.1, 0.15) is 0 Å². The van der Waals surface area contributed by atoms with E-state index in [2.05, 4.69) is 57.6 Å². The Morgan fingerprint density at radius 3 is 1.54 bits per heavy atom. The van der Waals surface area contributed by atoms with Gasteiger partial charge in [0.25, 0.3) is 0 Å². The molecule has 0 spiro atoms. The van der Waals surface area contributed by atoms with Crippen molar-refractivity contribution in [1.29, 1.82) is 0 Å². The Bertz CT molecular complexity index is 486. The topological polar surface area (TPSA) is 26.3 Å². The summed E-state index contributed by atoms with van der Waals surface area (Å²) in [5, 5.41) is 0. The Balaban J connectivity index is 4.02. The summed E-state index contributed by atoms with van der Waals surface area (Å²) in [5.74, 6) is -0.173. The van der Waals surface area contributed by atoms with E-state index in [-0.39, 0.29) is 5.97 Å². The van der Waals surface area contributed by atoms with Gasteiger partial charge in [-0.25, -0.2) is 0 Å². The molecule has 0 rings (SSSR count). The lowest BCUT2D eigenvalue weighted by Gasteiger charge is -2.02. The summed E-state index contributed by atoms with van der Waals surface area (Å²) >= 11 is 0. The van der Waals surface area contributed by atoms with Gasteiger partial charge < -0.3 is 4.74 Å². The molecule has 0 aliphatic heterocycles. The smallest absolute Gasteiger partial charge is 0.309 e. The average Bonchev–Trinajstić information content (AvgIpc) is 2.52. The van der Waals surface area contributed by atoms with Gasteiger partial charge in [-0.15, -0.1) is 0 Å². The van der Waals surface area contributed by atoms with Gasteiger partial charge in [-0.05, 0) is 73.1 Å². The van der Waals surface area contributed by atoms with Crippen LogP contribution < -0.4 is 0 Å². The highest BCUT2D eigenvalue weighted by molar-refractivity contribution is 5.71. The van der Waals surface area contributed by atoms with E-state index in [0.717, 1.165) is 38.5 Å². The first-order valence-corrected chi connectivity index (χ1v) is 9.02. The molecule has 2 heteroatoms. The van der Waals surface area contributed by atoms with Crippen molar-refractivity contribution in [3.63, 3.8) is 0 Å². The Hall–Kier alpha value is -1.57. The Morgan fingerprint density at radius 1 is 0.708 bits per heavy atom. The first-order chi connectivity index (χ1) is 11.3. The molecular formula is C22H36O2. The number of hydrogen-bond acceptors (Lipinski definition) is 2. The summed E-state index contributed by atoms with van der Waals surface area (Å²) in [6, 6.07) is 0. The minimum Gasteiger partial charge on any atom is -0.469 e. The maximum atomic E-state index is 11.1. The predicted octanol–water partition coefficient (Wildman–Crippen LogP) is 6.70. The van der Waals surface area contributed by atoms with Crippen molar-refractivity contribution < 1.29 is 9.53 Å². The van der Waals surface area contributed by atoms with Crippen LogP contribution in [0.4, 0.5) is 0 Å². The summed E-state index contributed by atoms with van der Waals surface area (Å²) < 4.78 is 4.64. The minimum atomic E-state index is -0.173. The first-order valence-electron chi connectivity index (χ1n) is 9.02. The first kappa shape index (κ1) is 22.4. The van der Waals surface area contributed by atoms with Crippen LogP contribution in [-0.2, 0) is 9.53 Å². The summed E-state index contributed by atoms with van der Waals surface area (Å²) in [4.78, 5) is 11.1. The molecule has 0 amide bonds. The van der Waals surface area contributed by atoms with Crippen molar-refractivity contribution in [2.24, 2.45) is 0 Å². The van der Waals surface area contributed by atoms with Crippen molar-refractivity contribution >= 4 is 5.97 Å². The van der Waals surface area contributed by atoms with Crippen LogP contribution in [0.25, 0.3) is 0 Å². The normalized spacial score (nSPS) is 13.0. The second-order valence-electron chi connectivity index (χ2n) is 6.83. The molecule has 0 aromatic carbocycles. The quantitative estimate of drug-likeness (QED) is 0.311.